The van der Waals surface area contributed by atoms with Crippen molar-refractivity contribution in [1.82, 2.24) is 19.2 Å². The number of carbonyl (C=O) groups excluding carboxylic acids is 1. The Morgan fingerprint density at radius 1 is 0.963 bits per heavy atom. The van der Waals surface area contributed by atoms with Gasteiger partial charge in [0.05, 0.1) is 6.54 Å². The van der Waals surface area contributed by atoms with Gasteiger partial charge in [-0.05, 0) is 23.8 Å². The lowest BCUT2D eigenvalue weighted by Crippen LogP contribution is -2.42. The zero-order valence-corrected chi connectivity index (χ0v) is 14.3. The van der Waals surface area contributed by atoms with Crippen molar-refractivity contribution in [2.45, 2.75) is 19.6 Å². The first-order chi connectivity index (χ1) is 13.0. The number of aromatic nitrogens is 3. The highest BCUT2D eigenvalue weighted by molar-refractivity contribution is 5.91. The van der Waals surface area contributed by atoms with E-state index in [-0.39, 0.29) is 37.8 Å². The van der Waals surface area contributed by atoms with Crippen LogP contribution in [0.2, 0.25) is 0 Å². The first-order valence-corrected chi connectivity index (χ1v) is 8.47. The topological polar surface area (TPSA) is 60.1 Å². The molecular weight excluding hydrogens is 354 g/mol. The maximum atomic E-state index is 13.9. The molecule has 3 aromatic rings. The van der Waals surface area contributed by atoms with Gasteiger partial charge in [-0.15, -0.1) is 5.10 Å². The van der Waals surface area contributed by atoms with Crippen molar-refractivity contribution in [1.29, 1.82) is 0 Å². The van der Waals surface area contributed by atoms with E-state index >= 15 is 0 Å². The summed E-state index contributed by atoms with van der Waals surface area (Å²) in [4.78, 5) is 26.7. The lowest BCUT2D eigenvalue weighted by molar-refractivity contribution is 0.0679. The first-order valence-electron chi connectivity index (χ1n) is 8.47. The van der Waals surface area contributed by atoms with Crippen molar-refractivity contribution in [3.05, 3.63) is 87.6 Å². The smallest absolute Gasteiger partial charge is 0.330 e. The summed E-state index contributed by atoms with van der Waals surface area (Å²) in [5.41, 5.74) is 0.553. The van der Waals surface area contributed by atoms with Crippen LogP contribution in [0.3, 0.4) is 0 Å². The largest absolute Gasteiger partial charge is 0.346 e. The zero-order valence-electron chi connectivity index (χ0n) is 14.3. The third-order valence-corrected chi connectivity index (χ3v) is 4.54. The molecule has 8 heteroatoms. The van der Waals surface area contributed by atoms with Crippen LogP contribution in [-0.2, 0) is 19.6 Å². The second-order valence-corrected chi connectivity index (χ2v) is 6.36. The molecule has 0 aliphatic carbocycles. The summed E-state index contributed by atoms with van der Waals surface area (Å²) in [6.07, 6.45) is 0. The van der Waals surface area contributed by atoms with Crippen LogP contribution in [0, 0.1) is 11.6 Å². The molecule has 0 saturated heterocycles. The van der Waals surface area contributed by atoms with E-state index in [1.807, 2.05) is 0 Å². The fraction of sp³-hybridized carbons (Fsp3) is 0.211. The highest BCUT2D eigenvalue weighted by Gasteiger charge is 2.30. The molecule has 0 radical (unpaired) electrons. The molecule has 0 bridgehead atoms. The minimum absolute atomic E-state index is 0.0130. The number of hydrogen-bond donors (Lipinski definition) is 0. The van der Waals surface area contributed by atoms with Gasteiger partial charge >= 0.3 is 5.69 Å². The van der Waals surface area contributed by atoms with E-state index in [2.05, 4.69) is 5.10 Å². The van der Waals surface area contributed by atoms with Crippen LogP contribution >= 0.6 is 0 Å². The van der Waals surface area contributed by atoms with Crippen molar-refractivity contribution in [3.63, 3.8) is 0 Å². The molecule has 1 aromatic heterocycles. The molecule has 27 heavy (non-hydrogen) atoms. The molecule has 138 valence electrons. The molecule has 2 heterocycles. The van der Waals surface area contributed by atoms with Gasteiger partial charge in [-0.3, -0.25) is 9.36 Å². The molecule has 0 atom stereocenters. The highest BCUT2D eigenvalue weighted by atomic mass is 19.1. The second-order valence-electron chi connectivity index (χ2n) is 6.36. The van der Waals surface area contributed by atoms with E-state index in [1.165, 1.54) is 27.7 Å². The van der Waals surface area contributed by atoms with Crippen LogP contribution in [0.5, 0.6) is 0 Å². The number of benzene rings is 2. The maximum Gasteiger partial charge on any atom is 0.346 e. The van der Waals surface area contributed by atoms with Crippen molar-refractivity contribution >= 4 is 5.91 Å². The van der Waals surface area contributed by atoms with Gasteiger partial charge in [0.1, 0.15) is 11.6 Å². The van der Waals surface area contributed by atoms with Crippen LogP contribution in [0.4, 0.5) is 8.78 Å². The molecule has 4 rings (SSSR count). The molecule has 2 aromatic carbocycles. The number of amides is 1. The minimum Gasteiger partial charge on any atom is -0.330 e. The number of fused-ring (bicyclic) bond motifs is 1. The fourth-order valence-corrected chi connectivity index (χ4v) is 3.16. The molecule has 1 aliphatic heterocycles. The maximum absolute atomic E-state index is 13.9. The lowest BCUT2D eigenvalue weighted by atomic mass is 10.2. The third-order valence-electron chi connectivity index (χ3n) is 4.54. The summed E-state index contributed by atoms with van der Waals surface area (Å²) in [7, 11) is 0. The van der Waals surface area contributed by atoms with Gasteiger partial charge in [0.25, 0.3) is 5.91 Å². The Hall–Kier alpha value is -3.29. The molecule has 0 unspecified atom stereocenters. The Bertz CT molecular complexity index is 1070. The van der Waals surface area contributed by atoms with E-state index in [9.17, 15) is 18.4 Å². The second kappa shape index (κ2) is 6.79. The Morgan fingerprint density at radius 2 is 1.78 bits per heavy atom. The molecule has 6 nitrogen and oxygen atoms in total. The quantitative estimate of drug-likeness (QED) is 0.706. The Kier molecular flexibility index (Phi) is 4.31. The summed E-state index contributed by atoms with van der Waals surface area (Å²) >= 11 is 0. The van der Waals surface area contributed by atoms with Gasteiger partial charge in [0.2, 0.25) is 5.82 Å². The Morgan fingerprint density at radius 3 is 2.56 bits per heavy atom. The highest BCUT2D eigenvalue weighted by Crippen LogP contribution is 2.15. The van der Waals surface area contributed by atoms with Crippen molar-refractivity contribution in [2.75, 3.05) is 6.54 Å². The van der Waals surface area contributed by atoms with Gasteiger partial charge in [0, 0.05) is 25.2 Å². The van der Waals surface area contributed by atoms with Crippen molar-refractivity contribution < 1.29 is 13.6 Å². The summed E-state index contributed by atoms with van der Waals surface area (Å²) in [6.45, 7) is 0.733. The number of nitrogens with zero attached hydrogens (tertiary/aromatic N) is 4. The zero-order chi connectivity index (χ0) is 19.0. The van der Waals surface area contributed by atoms with E-state index in [0.29, 0.717) is 11.1 Å². The predicted molar refractivity (Wildman–Crippen MR) is 93.1 cm³/mol. The number of halogens is 2. The fourth-order valence-electron chi connectivity index (χ4n) is 3.16. The van der Waals surface area contributed by atoms with Crippen LogP contribution in [0.25, 0.3) is 0 Å². The molecule has 0 fully saturated rings. The van der Waals surface area contributed by atoms with Gasteiger partial charge in [-0.1, -0.05) is 30.3 Å². The van der Waals surface area contributed by atoms with E-state index in [4.69, 9.17) is 0 Å². The summed E-state index contributed by atoms with van der Waals surface area (Å²) in [5.74, 6) is -1.21. The van der Waals surface area contributed by atoms with Gasteiger partial charge in [-0.25, -0.2) is 18.3 Å². The van der Waals surface area contributed by atoms with E-state index < -0.39 is 17.4 Å². The first kappa shape index (κ1) is 17.1. The summed E-state index contributed by atoms with van der Waals surface area (Å²) in [6, 6.07) is 12.1. The summed E-state index contributed by atoms with van der Waals surface area (Å²) in [5, 5.41) is 4.13. The van der Waals surface area contributed by atoms with E-state index in [1.54, 1.807) is 30.3 Å². The SMILES string of the molecule is O=C1c2nn(Cc3cccc(F)c3)c(=O)n2CCN1Cc1ccccc1F. The Balaban J connectivity index is 1.60. The van der Waals surface area contributed by atoms with Gasteiger partial charge in [-0.2, -0.15) is 0 Å². The average Bonchev–Trinajstić information content (AvgIpc) is 2.96. The van der Waals surface area contributed by atoms with Crippen LogP contribution in [0.1, 0.15) is 21.7 Å². The standard InChI is InChI=1S/C19H16F2N4O2/c20-15-6-3-4-13(10-15)11-25-19(27)24-9-8-23(18(26)17(24)22-25)12-14-5-1-2-7-16(14)21/h1-7,10H,8-9,11-12H2. The number of carbonyl (C=O) groups is 1. The van der Waals surface area contributed by atoms with E-state index in [0.717, 1.165) is 4.68 Å². The molecular formula is C19H16F2N4O2. The Labute approximate surface area is 153 Å². The van der Waals surface area contributed by atoms with Crippen LogP contribution in [0.15, 0.2) is 53.3 Å². The number of hydrogen-bond acceptors (Lipinski definition) is 3. The lowest BCUT2D eigenvalue weighted by Gasteiger charge is -2.26. The number of rotatable bonds is 4. The monoisotopic (exact) mass is 370 g/mol. The van der Waals surface area contributed by atoms with Gasteiger partial charge < -0.3 is 4.90 Å². The molecule has 1 aliphatic rings. The van der Waals surface area contributed by atoms with Crippen molar-refractivity contribution in [2.24, 2.45) is 0 Å². The van der Waals surface area contributed by atoms with Crippen molar-refractivity contribution in [3.8, 4) is 0 Å². The minimum atomic E-state index is -0.431. The summed E-state index contributed by atoms with van der Waals surface area (Å²) < 4.78 is 29.7. The predicted octanol–water partition coefficient (Wildman–Crippen LogP) is 2.03. The van der Waals surface area contributed by atoms with Crippen LogP contribution in [-0.4, -0.2) is 31.7 Å². The third kappa shape index (κ3) is 3.25. The average molecular weight is 370 g/mol. The molecule has 0 N–H and O–H groups in total. The molecule has 0 saturated carbocycles. The molecule has 1 amide bonds. The molecule has 0 spiro atoms. The van der Waals surface area contributed by atoms with Gasteiger partial charge in [0.15, 0.2) is 0 Å². The van der Waals surface area contributed by atoms with Crippen LogP contribution < -0.4 is 5.69 Å². The normalized spacial score (nSPS) is 13.7.